The minimum Gasteiger partial charge on any atom is -0.507 e. The number of carbonyl (C=O) groups is 2. The van der Waals surface area contributed by atoms with Crippen molar-refractivity contribution < 1.29 is 24.2 Å². The van der Waals surface area contributed by atoms with E-state index in [1.54, 1.807) is 67.8 Å². The van der Waals surface area contributed by atoms with Crippen molar-refractivity contribution in [3.8, 4) is 11.5 Å². The van der Waals surface area contributed by atoms with Crippen molar-refractivity contribution in [2.75, 3.05) is 19.1 Å². The van der Waals surface area contributed by atoms with Crippen LogP contribution in [0.4, 0.5) is 5.69 Å². The van der Waals surface area contributed by atoms with E-state index in [2.05, 4.69) is 0 Å². The fraction of sp³-hybridized carbons (Fsp3) is 0.267. The highest BCUT2D eigenvalue weighted by Gasteiger charge is 2.48. The Balaban J connectivity index is 2.00. The van der Waals surface area contributed by atoms with E-state index >= 15 is 0 Å². The molecule has 0 saturated carbocycles. The molecule has 1 unspecified atom stereocenters. The Morgan fingerprint density at radius 2 is 1.62 bits per heavy atom. The molecule has 192 valence electrons. The normalized spacial score (nSPS) is 17.3. The van der Waals surface area contributed by atoms with Crippen LogP contribution in [0.5, 0.6) is 11.5 Å². The number of ketones is 1. The number of methoxy groups -OCH3 is 2. The number of rotatable bonds is 5. The molecule has 1 aliphatic heterocycles. The number of anilines is 1. The number of aliphatic hydroxyl groups is 1. The second kappa shape index (κ2) is 9.94. The Morgan fingerprint density at radius 3 is 2.24 bits per heavy atom. The smallest absolute Gasteiger partial charge is 0.300 e. The van der Waals surface area contributed by atoms with Crippen molar-refractivity contribution >= 4 is 34.7 Å². The minimum absolute atomic E-state index is 0.0313. The molecule has 1 amide bonds. The van der Waals surface area contributed by atoms with Gasteiger partial charge in [-0.15, -0.1) is 0 Å². The molecule has 1 N–H and O–H groups in total. The molecule has 4 rings (SSSR count). The predicted molar refractivity (Wildman–Crippen MR) is 146 cm³/mol. The van der Waals surface area contributed by atoms with Gasteiger partial charge < -0.3 is 14.6 Å². The third kappa shape index (κ3) is 4.69. The molecule has 7 heteroatoms. The molecular formula is C30H30ClNO5. The zero-order valence-electron chi connectivity index (χ0n) is 21.8. The number of nitrogens with zero attached hydrogens (tertiary/aromatic N) is 1. The number of aliphatic hydroxyl groups excluding tert-OH is 1. The summed E-state index contributed by atoms with van der Waals surface area (Å²) >= 11 is 6.39. The van der Waals surface area contributed by atoms with Crippen LogP contribution < -0.4 is 14.4 Å². The van der Waals surface area contributed by atoms with Crippen molar-refractivity contribution in [1.82, 2.24) is 0 Å². The fourth-order valence-electron chi connectivity index (χ4n) is 4.61. The summed E-state index contributed by atoms with van der Waals surface area (Å²) in [5, 5.41) is 12.1. The number of hydrogen-bond donors (Lipinski definition) is 1. The summed E-state index contributed by atoms with van der Waals surface area (Å²) in [5.74, 6) is -0.683. The molecule has 3 aromatic carbocycles. The van der Waals surface area contributed by atoms with Crippen LogP contribution in [-0.2, 0) is 15.0 Å². The van der Waals surface area contributed by atoms with Crippen LogP contribution >= 0.6 is 11.6 Å². The van der Waals surface area contributed by atoms with Gasteiger partial charge in [0.15, 0.2) is 0 Å². The largest absolute Gasteiger partial charge is 0.507 e. The summed E-state index contributed by atoms with van der Waals surface area (Å²) in [6, 6.07) is 16.6. The molecule has 0 spiro atoms. The third-order valence-corrected chi connectivity index (χ3v) is 7.00. The molecule has 1 saturated heterocycles. The van der Waals surface area contributed by atoms with Gasteiger partial charge in [0.05, 0.1) is 25.8 Å². The highest BCUT2D eigenvalue weighted by atomic mass is 35.5. The van der Waals surface area contributed by atoms with Gasteiger partial charge in [-0.2, -0.15) is 0 Å². The number of Topliss-reactive ketones (excluding diaryl/α,β-unsaturated/α-hetero) is 1. The van der Waals surface area contributed by atoms with Crippen LogP contribution in [0.15, 0.2) is 66.2 Å². The van der Waals surface area contributed by atoms with Crippen molar-refractivity contribution in [2.45, 2.75) is 39.2 Å². The summed E-state index contributed by atoms with van der Waals surface area (Å²) in [5.41, 5.74) is 2.77. The summed E-state index contributed by atoms with van der Waals surface area (Å²) in [7, 11) is 3.11. The van der Waals surface area contributed by atoms with Crippen molar-refractivity contribution in [3.63, 3.8) is 0 Å². The number of para-hydroxylation sites is 1. The summed E-state index contributed by atoms with van der Waals surface area (Å²) in [4.78, 5) is 28.4. The van der Waals surface area contributed by atoms with E-state index < -0.39 is 17.7 Å². The van der Waals surface area contributed by atoms with E-state index in [9.17, 15) is 14.7 Å². The Kier molecular flexibility index (Phi) is 7.07. The average Bonchev–Trinajstić information content (AvgIpc) is 3.14. The van der Waals surface area contributed by atoms with Gasteiger partial charge in [0, 0.05) is 27.4 Å². The lowest BCUT2D eigenvalue weighted by Crippen LogP contribution is -2.29. The quantitative estimate of drug-likeness (QED) is 0.234. The Labute approximate surface area is 222 Å². The van der Waals surface area contributed by atoms with Crippen LogP contribution in [0.25, 0.3) is 5.76 Å². The van der Waals surface area contributed by atoms with Crippen LogP contribution in [0, 0.1) is 6.92 Å². The molecular weight excluding hydrogens is 490 g/mol. The number of benzene rings is 3. The molecule has 1 fully saturated rings. The highest BCUT2D eigenvalue weighted by Crippen LogP contribution is 2.46. The average molecular weight is 520 g/mol. The first-order chi connectivity index (χ1) is 17.5. The highest BCUT2D eigenvalue weighted by molar-refractivity contribution is 6.52. The van der Waals surface area contributed by atoms with Gasteiger partial charge in [-0.25, -0.2) is 0 Å². The molecule has 37 heavy (non-hydrogen) atoms. The van der Waals surface area contributed by atoms with Gasteiger partial charge in [0.25, 0.3) is 11.7 Å². The zero-order chi connectivity index (χ0) is 27.1. The lowest BCUT2D eigenvalue weighted by Gasteiger charge is -2.27. The number of ether oxygens (including phenoxy) is 2. The Hall–Kier alpha value is -3.77. The first kappa shape index (κ1) is 26.3. The Morgan fingerprint density at radius 1 is 0.946 bits per heavy atom. The molecule has 0 radical (unpaired) electrons. The topological polar surface area (TPSA) is 76.1 Å². The van der Waals surface area contributed by atoms with Gasteiger partial charge in [0.1, 0.15) is 17.3 Å². The maximum atomic E-state index is 13.5. The summed E-state index contributed by atoms with van der Waals surface area (Å²) in [6.45, 7) is 7.95. The van der Waals surface area contributed by atoms with Crippen molar-refractivity contribution in [2.24, 2.45) is 0 Å². The summed E-state index contributed by atoms with van der Waals surface area (Å²) in [6.07, 6.45) is 0. The molecule has 6 nitrogen and oxygen atoms in total. The van der Waals surface area contributed by atoms with Gasteiger partial charge in [-0.05, 0) is 54.3 Å². The van der Waals surface area contributed by atoms with Gasteiger partial charge in [-0.1, -0.05) is 56.6 Å². The monoisotopic (exact) mass is 519 g/mol. The van der Waals surface area contributed by atoms with Gasteiger partial charge in [0.2, 0.25) is 0 Å². The standard InChI is InChI=1S/C30H30ClNO5/c1-17-11-13-19(16-22(17)31)32-26(20-9-7-8-10-23(20)36-5)25(28(34)29(32)35)27(33)18-12-14-24(37-6)21(15-18)30(2,3)4/h7-16,26,33H,1-6H3/b27-25+. The molecule has 3 aromatic rings. The van der Waals surface area contributed by atoms with Crippen LogP contribution in [0.3, 0.4) is 0 Å². The van der Waals surface area contributed by atoms with Crippen LogP contribution in [0.2, 0.25) is 5.02 Å². The van der Waals surface area contributed by atoms with E-state index in [-0.39, 0.29) is 16.7 Å². The second-order valence-corrected chi connectivity index (χ2v) is 10.4. The van der Waals surface area contributed by atoms with E-state index in [4.69, 9.17) is 21.1 Å². The third-order valence-electron chi connectivity index (χ3n) is 6.59. The first-order valence-corrected chi connectivity index (χ1v) is 12.3. The van der Waals surface area contributed by atoms with Gasteiger partial charge in [-0.3, -0.25) is 14.5 Å². The maximum absolute atomic E-state index is 13.5. The van der Waals surface area contributed by atoms with E-state index in [1.165, 1.54) is 12.0 Å². The molecule has 1 heterocycles. The summed E-state index contributed by atoms with van der Waals surface area (Å²) < 4.78 is 11.1. The van der Waals surface area contributed by atoms with Gasteiger partial charge >= 0.3 is 0 Å². The molecule has 0 bridgehead atoms. The number of aryl methyl sites for hydroxylation is 1. The minimum atomic E-state index is -0.935. The number of halogens is 1. The molecule has 0 aliphatic carbocycles. The molecule has 0 aromatic heterocycles. The predicted octanol–water partition coefficient (Wildman–Crippen LogP) is 6.59. The van der Waals surface area contributed by atoms with E-state index in [0.717, 1.165) is 11.1 Å². The lowest BCUT2D eigenvalue weighted by molar-refractivity contribution is -0.132. The van der Waals surface area contributed by atoms with Crippen LogP contribution in [0.1, 0.15) is 49.1 Å². The van der Waals surface area contributed by atoms with Crippen LogP contribution in [-0.4, -0.2) is 31.0 Å². The fourth-order valence-corrected chi connectivity index (χ4v) is 4.79. The number of amides is 1. The maximum Gasteiger partial charge on any atom is 0.300 e. The number of carbonyl (C=O) groups excluding carboxylic acids is 2. The Bertz CT molecular complexity index is 1420. The van der Waals surface area contributed by atoms with E-state index in [0.29, 0.717) is 33.3 Å². The van der Waals surface area contributed by atoms with Crippen molar-refractivity contribution in [1.29, 1.82) is 0 Å². The number of hydrogen-bond acceptors (Lipinski definition) is 5. The lowest BCUT2D eigenvalue weighted by atomic mass is 9.84. The first-order valence-electron chi connectivity index (χ1n) is 11.9. The molecule has 1 atom stereocenters. The van der Waals surface area contributed by atoms with Crippen molar-refractivity contribution in [3.05, 3.63) is 93.5 Å². The zero-order valence-corrected chi connectivity index (χ0v) is 22.5. The van der Waals surface area contributed by atoms with E-state index in [1.807, 2.05) is 27.7 Å². The second-order valence-electron chi connectivity index (χ2n) is 10.0. The molecule has 1 aliphatic rings. The SMILES string of the molecule is COc1ccccc1C1/C(=C(\O)c2ccc(OC)c(C(C)(C)C)c2)C(=O)C(=O)N1c1ccc(C)c(Cl)c1.